The SMILES string of the molecule is Cc1ccc([S@@](=O)C[C@H]2CCCN2C(=O)OC(C)(C)C)nc1. The van der Waals surface area contributed by atoms with Crippen LogP contribution in [0.1, 0.15) is 39.2 Å². The Bertz CT molecular complexity index is 552. The lowest BCUT2D eigenvalue weighted by molar-refractivity contribution is 0.0241. The lowest BCUT2D eigenvalue weighted by Gasteiger charge is -2.28. The number of hydrogen-bond donors (Lipinski definition) is 0. The van der Waals surface area contributed by atoms with Crippen molar-refractivity contribution in [3.63, 3.8) is 0 Å². The van der Waals surface area contributed by atoms with Gasteiger partial charge in [0.1, 0.15) is 10.6 Å². The first-order valence-corrected chi connectivity index (χ1v) is 8.89. The van der Waals surface area contributed by atoms with E-state index in [1.165, 1.54) is 0 Å². The fourth-order valence-electron chi connectivity index (χ4n) is 2.42. The molecular weight excluding hydrogens is 300 g/mol. The van der Waals surface area contributed by atoms with E-state index in [1.807, 2.05) is 33.8 Å². The minimum atomic E-state index is -1.20. The molecule has 122 valence electrons. The Labute approximate surface area is 134 Å². The van der Waals surface area contributed by atoms with E-state index in [2.05, 4.69) is 4.98 Å². The summed E-state index contributed by atoms with van der Waals surface area (Å²) in [5.41, 5.74) is 0.527. The number of pyridine rings is 1. The molecule has 2 heterocycles. The summed E-state index contributed by atoms with van der Waals surface area (Å²) in [6.07, 6.45) is 3.18. The van der Waals surface area contributed by atoms with Crippen LogP contribution in [-0.4, -0.2) is 44.1 Å². The number of amides is 1. The summed E-state index contributed by atoms with van der Waals surface area (Å²) < 4.78 is 17.9. The molecule has 0 bridgehead atoms. The summed E-state index contributed by atoms with van der Waals surface area (Å²) in [4.78, 5) is 18.1. The monoisotopic (exact) mass is 324 g/mol. The van der Waals surface area contributed by atoms with Crippen LogP contribution in [0.4, 0.5) is 4.79 Å². The van der Waals surface area contributed by atoms with Gasteiger partial charge < -0.3 is 9.64 Å². The van der Waals surface area contributed by atoms with Crippen LogP contribution < -0.4 is 0 Å². The number of rotatable bonds is 3. The van der Waals surface area contributed by atoms with Crippen molar-refractivity contribution in [3.8, 4) is 0 Å². The number of hydrogen-bond acceptors (Lipinski definition) is 4. The highest BCUT2D eigenvalue weighted by Gasteiger charge is 2.33. The van der Waals surface area contributed by atoms with Crippen LogP contribution in [0.3, 0.4) is 0 Å². The van der Waals surface area contributed by atoms with Crippen molar-refractivity contribution in [2.24, 2.45) is 0 Å². The molecule has 5 nitrogen and oxygen atoms in total. The average molecular weight is 324 g/mol. The second-order valence-electron chi connectivity index (χ2n) is 6.66. The van der Waals surface area contributed by atoms with Gasteiger partial charge in [-0.2, -0.15) is 0 Å². The van der Waals surface area contributed by atoms with Crippen LogP contribution in [0.15, 0.2) is 23.4 Å². The van der Waals surface area contributed by atoms with Gasteiger partial charge in [0.05, 0.1) is 16.6 Å². The predicted molar refractivity (Wildman–Crippen MR) is 86.2 cm³/mol. The standard InChI is InChI=1S/C16H24N2O3S/c1-12-7-8-14(17-10-12)22(20)11-13-6-5-9-18(13)15(19)21-16(2,3)4/h7-8,10,13H,5-6,9,11H2,1-4H3/t13-,22+/m1/s1. The average Bonchev–Trinajstić information content (AvgIpc) is 2.85. The number of likely N-dealkylation sites (tertiary alicyclic amines) is 1. The molecule has 6 heteroatoms. The summed E-state index contributed by atoms with van der Waals surface area (Å²) in [5, 5.41) is 0.571. The van der Waals surface area contributed by atoms with Crippen molar-refractivity contribution < 1.29 is 13.7 Å². The smallest absolute Gasteiger partial charge is 0.410 e. The van der Waals surface area contributed by atoms with Gasteiger partial charge in [-0.05, 0) is 52.2 Å². The summed E-state index contributed by atoms with van der Waals surface area (Å²) in [6, 6.07) is 3.65. The fourth-order valence-corrected chi connectivity index (χ4v) is 3.68. The van der Waals surface area contributed by atoms with E-state index in [0.29, 0.717) is 17.3 Å². The highest BCUT2D eigenvalue weighted by Crippen LogP contribution is 2.22. The number of aromatic nitrogens is 1. The highest BCUT2D eigenvalue weighted by molar-refractivity contribution is 7.85. The summed E-state index contributed by atoms with van der Waals surface area (Å²) in [5.74, 6) is 0.412. The third-order valence-corrected chi connectivity index (χ3v) is 4.86. The molecule has 0 spiro atoms. The molecule has 1 amide bonds. The lowest BCUT2D eigenvalue weighted by Crippen LogP contribution is -2.42. The maximum absolute atomic E-state index is 12.4. The number of aryl methyl sites for hydroxylation is 1. The van der Waals surface area contributed by atoms with E-state index >= 15 is 0 Å². The molecule has 1 aromatic rings. The Balaban J connectivity index is 2.00. The van der Waals surface area contributed by atoms with Crippen LogP contribution >= 0.6 is 0 Å². The summed E-state index contributed by atoms with van der Waals surface area (Å²) >= 11 is 0. The van der Waals surface area contributed by atoms with E-state index < -0.39 is 16.4 Å². The first-order chi connectivity index (χ1) is 10.3. The van der Waals surface area contributed by atoms with E-state index in [-0.39, 0.29) is 12.1 Å². The predicted octanol–water partition coefficient (Wildman–Crippen LogP) is 2.90. The topological polar surface area (TPSA) is 59.5 Å². The number of carbonyl (C=O) groups is 1. The molecular formula is C16H24N2O3S. The van der Waals surface area contributed by atoms with E-state index in [4.69, 9.17) is 4.74 Å². The minimum absolute atomic E-state index is 0.0428. The molecule has 1 saturated heterocycles. The van der Waals surface area contributed by atoms with Gasteiger partial charge in [0.25, 0.3) is 0 Å². The van der Waals surface area contributed by atoms with Gasteiger partial charge in [0, 0.05) is 18.8 Å². The molecule has 0 aliphatic carbocycles. The molecule has 1 aliphatic rings. The van der Waals surface area contributed by atoms with Crippen molar-refractivity contribution in [2.45, 2.75) is 57.2 Å². The lowest BCUT2D eigenvalue weighted by atomic mass is 10.2. The summed E-state index contributed by atoms with van der Waals surface area (Å²) in [6.45, 7) is 8.16. The van der Waals surface area contributed by atoms with Crippen molar-refractivity contribution in [1.82, 2.24) is 9.88 Å². The normalized spacial score (nSPS) is 20.0. The molecule has 0 saturated carbocycles. The summed E-state index contributed by atoms with van der Waals surface area (Å²) in [7, 11) is -1.20. The second-order valence-corrected chi connectivity index (χ2v) is 8.10. The zero-order valence-corrected chi connectivity index (χ0v) is 14.5. The van der Waals surface area contributed by atoms with Gasteiger partial charge in [0.2, 0.25) is 0 Å². The van der Waals surface area contributed by atoms with Crippen molar-refractivity contribution in [1.29, 1.82) is 0 Å². The Morgan fingerprint density at radius 1 is 1.45 bits per heavy atom. The first kappa shape index (κ1) is 16.9. The second kappa shape index (κ2) is 6.77. The molecule has 2 atom stereocenters. The Hall–Kier alpha value is -1.43. The third kappa shape index (κ3) is 4.53. The largest absolute Gasteiger partial charge is 0.444 e. The molecule has 2 rings (SSSR count). The molecule has 0 N–H and O–H groups in total. The Morgan fingerprint density at radius 2 is 2.18 bits per heavy atom. The third-order valence-electron chi connectivity index (χ3n) is 3.47. The molecule has 0 radical (unpaired) electrons. The van der Waals surface area contributed by atoms with Crippen molar-refractivity contribution in [2.75, 3.05) is 12.3 Å². The number of ether oxygens (including phenoxy) is 1. The molecule has 22 heavy (non-hydrogen) atoms. The molecule has 0 unspecified atom stereocenters. The van der Waals surface area contributed by atoms with E-state index in [1.54, 1.807) is 17.2 Å². The van der Waals surface area contributed by atoms with Crippen LogP contribution in [0.25, 0.3) is 0 Å². The highest BCUT2D eigenvalue weighted by atomic mass is 32.2. The molecule has 1 aliphatic heterocycles. The van der Waals surface area contributed by atoms with E-state index in [0.717, 1.165) is 18.4 Å². The van der Waals surface area contributed by atoms with Gasteiger partial charge in [-0.1, -0.05) is 6.07 Å². The van der Waals surface area contributed by atoms with Gasteiger partial charge in [-0.25, -0.2) is 9.78 Å². The number of carbonyl (C=O) groups excluding carboxylic acids is 1. The Kier molecular flexibility index (Phi) is 5.21. The molecule has 1 fully saturated rings. The maximum Gasteiger partial charge on any atom is 0.410 e. The van der Waals surface area contributed by atoms with Crippen LogP contribution in [-0.2, 0) is 15.5 Å². The van der Waals surface area contributed by atoms with Crippen LogP contribution in [0.2, 0.25) is 0 Å². The maximum atomic E-state index is 12.4. The van der Waals surface area contributed by atoms with Crippen LogP contribution in [0.5, 0.6) is 0 Å². The van der Waals surface area contributed by atoms with Gasteiger partial charge >= 0.3 is 6.09 Å². The van der Waals surface area contributed by atoms with Gasteiger partial charge in [0.15, 0.2) is 0 Å². The Morgan fingerprint density at radius 3 is 2.77 bits per heavy atom. The molecule has 0 aromatic carbocycles. The number of nitrogens with zero attached hydrogens (tertiary/aromatic N) is 2. The zero-order chi connectivity index (χ0) is 16.3. The van der Waals surface area contributed by atoms with E-state index in [9.17, 15) is 9.00 Å². The van der Waals surface area contributed by atoms with Gasteiger partial charge in [-0.3, -0.25) is 4.21 Å². The van der Waals surface area contributed by atoms with Gasteiger partial charge in [-0.15, -0.1) is 0 Å². The quantitative estimate of drug-likeness (QED) is 0.858. The fraction of sp³-hybridized carbons (Fsp3) is 0.625. The van der Waals surface area contributed by atoms with Crippen molar-refractivity contribution in [3.05, 3.63) is 23.9 Å². The van der Waals surface area contributed by atoms with Crippen LogP contribution in [0, 0.1) is 6.92 Å². The first-order valence-electron chi connectivity index (χ1n) is 7.57. The zero-order valence-electron chi connectivity index (χ0n) is 13.7. The minimum Gasteiger partial charge on any atom is -0.444 e. The molecule has 1 aromatic heterocycles. The van der Waals surface area contributed by atoms with Crippen molar-refractivity contribution >= 4 is 16.9 Å².